The zero-order valence-corrected chi connectivity index (χ0v) is 11.4. The number of nitrogens with zero attached hydrogens (tertiary/aromatic N) is 1. The van der Waals surface area contributed by atoms with Crippen molar-refractivity contribution in [2.45, 2.75) is 18.4 Å². The Kier molecular flexibility index (Phi) is 4.48. The summed E-state index contributed by atoms with van der Waals surface area (Å²) in [5.74, 6) is -3.55. The van der Waals surface area contributed by atoms with Crippen molar-refractivity contribution in [3.05, 3.63) is 70.8 Å². The Bertz CT molecular complexity index is 733. The Morgan fingerprint density at radius 1 is 0.864 bits per heavy atom. The molecule has 0 radical (unpaired) electrons. The molecule has 3 rings (SSSR count). The molecule has 2 nitrogen and oxygen atoms in total. The number of rotatable bonds is 1. The van der Waals surface area contributed by atoms with E-state index in [-0.39, 0.29) is 11.1 Å². The van der Waals surface area contributed by atoms with E-state index in [2.05, 4.69) is 0 Å². The van der Waals surface area contributed by atoms with Crippen LogP contribution in [0.25, 0.3) is 0 Å². The first-order valence-corrected chi connectivity index (χ1v) is 6.45. The van der Waals surface area contributed by atoms with Crippen molar-refractivity contribution < 1.29 is 17.6 Å². The van der Waals surface area contributed by atoms with Crippen molar-refractivity contribution in [3.63, 3.8) is 0 Å². The second-order valence-electron chi connectivity index (χ2n) is 5.03. The lowest BCUT2D eigenvalue weighted by atomic mass is 10.1. The molecule has 0 heterocycles. The smallest absolute Gasteiger partial charge is 0.160 e. The summed E-state index contributed by atoms with van der Waals surface area (Å²) in [6.45, 7) is 0. The highest BCUT2D eigenvalue weighted by Crippen LogP contribution is 2.42. The van der Waals surface area contributed by atoms with Crippen LogP contribution in [0.2, 0.25) is 0 Å². The minimum Gasteiger partial charge on any atom is -0.321 e. The molecule has 0 unspecified atom stereocenters. The van der Waals surface area contributed by atoms with Gasteiger partial charge in [-0.25, -0.2) is 17.6 Å². The van der Waals surface area contributed by atoms with Gasteiger partial charge in [0.05, 0.1) is 11.6 Å². The summed E-state index contributed by atoms with van der Waals surface area (Å²) in [4.78, 5) is 0. The molecule has 2 aromatic rings. The second-order valence-corrected chi connectivity index (χ2v) is 5.03. The Labute approximate surface area is 124 Å². The van der Waals surface area contributed by atoms with Crippen molar-refractivity contribution in [1.29, 1.82) is 5.26 Å². The molecule has 1 fully saturated rings. The molecule has 1 saturated carbocycles. The van der Waals surface area contributed by atoms with E-state index in [1.54, 1.807) is 12.1 Å². The van der Waals surface area contributed by atoms with E-state index in [1.807, 2.05) is 0 Å². The molecule has 22 heavy (non-hydrogen) atoms. The van der Waals surface area contributed by atoms with Crippen molar-refractivity contribution in [3.8, 4) is 6.07 Å². The first-order chi connectivity index (χ1) is 10.4. The highest BCUT2D eigenvalue weighted by atomic mass is 19.2. The Morgan fingerprint density at radius 3 is 1.86 bits per heavy atom. The first-order valence-electron chi connectivity index (χ1n) is 6.45. The molecule has 1 aliphatic rings. The third kappa shape index (κ3) is 3.62. The van der Waals surface area contributed by atoms with Crippen LogP contribution in [-0.4, -0.2) is 0 Å². The number of nitrogens with two attached hydrogens (primary N) is 1. The molecule has 0 amide bonds. The van der Waals surface area contributed by atoms with E-state index >= 15 is 0 Å². The fourth-order valence-electron chi connectivity index (χ4n) is 1.79. The van der Waals surface area contributed by atoms with Gasteiger partial charge in [-0.05, 0) is 48.7 Å². The van der Waals surface area contributed by atoms with E-state index in [0.717, 1.165) is 31.0 Å². The van der Waals surface area contributed by atoms with E-state index in [1.165, 1.54) is 12.1 Å². The van der Waals surface area contributed by atoms with Gasteiger partial charge < -0.3 is 5.73 Å². The van der Waals surface area contributed by atoms with Gasteiger partial charge in [0.2, 0.25) is 0 Å². The van der Waals surface area contributed by atoms with E-state index in [9.17, 15) is 17.6 Å². The van der Waals surface area contributed by atoms with Gasteiger partial charge in [-0.1, -0.05) is 6.07 Å². The van der Waals surface area contributed by atoms with Crippen molar-refractivity contribution >= 4 is 0 Å². The summed E-state index contributed by atoms with van der Waals surface area (Å²) < 4.78 is 49.6. The Hall–Kier alpha value is -2.39. The number of halogens is 4. The first kappa shape index (κ1) is 16.0. The largest absolute Gasteiger partial charge is 0.321 e. The summed E-state index contributed by atoms with van der Waals surface area (Å²) in [6.07, 6.45) is 1.72. The molecular formula is C16H12F4N2. The lowest BCUT2D eigenvalue weighted by Gasteiger charge is -2.08. The zero-order chi connectivity index (χ0) is 16.3. The lowest BCUT2D eigenvalue weighted by Crippen LogP contribution is -2.18. The standard InChI is InChI=1S/C9H9F2N.C7H3F2N/c10-7-2-1-6(5-8(7)11)9(12)3-4-9;8-6-2-1-5(4-10)3-7(6)9/h1-2,5H,3-4,12H2;1-3H. The maximum absolute atomic E-state index is 12.7. The molecule has 114 valence electrons. The minimum atomic E-state index is -0.987. The van der Waals surface area contributed by atoms with Gasteiger partial charge in [0, 0.05) is 5.54 Å². The van der Waals surface area contributed by atoms with Gasteiger partial charge in [0.1, 0.15) is 0 Å². The summed E-state index contributed by atoms with van der Waals surface area (Å²) in [7, 11) is 0. The van der Waals surface area contributed by atoms with Crippen LogP contribution in [-0.2, 0) is 5.54 Å². The average Bonchev–Trinajstić information content (AvgIpc) is 3.24. The third-order valence-corrected chi connectivity index (χ3v) is 3.33. The topological polar surface area (TPSA) is 49.8 Å². The van der Waals surface area contributed by atoms with Gasteiger partial charge in [-0.15, -0.1) is 0 Å². The number of benzene rings is 2. The van der Waals surface area contributed by atoms with Gasteiger partial charge in [0.15, 0.2) is 23.3 Å². The van der Waals surface area contributed by atoms with Crippen LogP contribution >= 0.6 is 0 Å². The van der Waals surface area contributed by atoms with Crippen LogP contribution in [0.1, 0.15) is 24.0 Å². The summed E-state index contributed by atoms with van der Waals surface area (Å²) in [5.41, 5.74) is 6.24. The van der Waals surface area contributed by atoms with Crippen molar-refractivity contribution in [2.24, 2.45) is 5.73 Å². The third-order valence-electron chi connectivity index (χ3n) is 3.33. The molecule has 2 N–H and O–H groups in total. The van der Waals surface area contributed by atoms with Crippen molar-refractivity contribution in [2.75, 3.05) is 0 Å². The Morgan fingerprint density at radius 2 is 1.41 bits per heavy atom. The number of nitriles is 1. The molecule has 1 aliphatic carbocycles. The maximum Gasteiger partial charge on any atom is 0.160 e. The molecule has 0 saturated heterocycles. The SMILES string of the molecule is N#Cc1ccc(F)c(F)c1.NC1(c2ccc(F)c(F)c2)CC1. The predicted molar refractivity (Wildman–Crippen MR) is 72.5 cm³/mol. The number of hydrogen-bond donors (Lipinski definition) is 1. The highest BCUT2D eigenvalue weighted by Gasteiger charge is 2.40. The molecule has 0 aliphatic heterocycles. The van der Waals surface area contributed by atoms with Gasteiger partial charge in [-0.3, -0.25) is 0 Å². The lowest BCUT2D eigenvalue weighted by molar-refractivity contribution is 0.504. The monoisotopic (exact) mass is 308 g/mol. The molecule has 0 bridgehead atoms. The molecule has 2 aromatic carbocycles. The van der Waals surface area contributed by atoms with Gasteiger partial charge in [0.25, 0.3) is 0 Å². The quantitative estimate of drug-likeness (QED) is 0.816. The molecule has 0 spiro atoms. The zero-order valence-electron chi connectivity index (χ0n) is 11.4. The minimum absolute atomic E-state index is 0.124. The van der Waals surface area contributed by atoms with Crippen LogP contribution in [0.15, 0.2) is 36.4 Å². The predicted octanol–water partition coefficient (Wildman–Crippen LogP) is 3.75. The van der Waals surface area contributed by atoms with Crippen LogP contribution in [0.5, 0.6) is 0 Å². The summed E-state index contributed by atoms with van der Waals surface area (Å²) in [6, 6.07) is 8.54. The van der Waals surface area contributed by atoms with E-state index < -0.39 is 23.3 Å². The fraction of sp³-hybridized carbons (Fsp3) is 0.188. The normalized spacial score (nSPS) is 14.5. The second kappa shape index (κ2) is 6.16. The summed E-state index contributed by atoms with van der Waals surface area (Å²) in [5, 5.41) is 8.21. The molecule has 6 heteroatoms. The van der Waals surface area contributed by atoms with E-state index in [0.29, 0.717) is 5.56 Å². The molecule has 0 aromatic heterocycles. The van der Waals surface area contributed by atoms with Crippen molar-refractivity contribution in [1.82, 2.24) is 0 Å². The average molecular weight is 308 g/mol. The van der Waals surface area contributed by atoms with Crippen LogP contribution in [0.4, 0.5) is 17.6 Å². The van der Waals surface area contributed by atoms with Gasteiger partial charge in [-0.2, -0.15) is 5.26 Å². The van der Waals surface area contributed by atoms with Crippen LogP contribution < -0.4 is 5.73 Å². The highest BCUT2D eigenvalue weighted by molar-refractivity contribution is 5.30. The fourth-order valence-corrected chi connectivity index (χ4v) is 1.79. The van der Waals surface area contributed by atoms with Gasteiger partial charge >= 0.3 is 0 Å². The van der Waals surface area contributed by atoms with Crippen LogP contribution in [0.3, 0.4) is 0 Å². The summed E-state index contributed by atoms with van der Waals surface area (Å²) >= 11 is 0. The van der Waals surface area contributed by atoms with E-state index in [4.69, 9.17) is 11.0 Å². The number of hydrogen-bond acceptors (Lipinski definition) is 2. The molecular weight excluding hydrogens is 296 g/mol. The molecule has 0 atom stereocenters. The maximum atomic E-state index is 12.7. The van der Waals surface area contributed by atoms with Crippen LogP contribution in [0, 0.1) is 34.6 Å². The Balaban J connectivity index is 0.000000164.